The van der Waals surface area contributed by atoms with Gasteiger partial charge in [0.05, 0.1) is 0 Å². The third-order valence-electron chi connectivity index (χ3n) is 4.86. The van der Waals surface area contributed by atoms with Crippen LogP contribution < -0.4 is 5.32 Å². The Labute approximate surface area is 117 Å². The number of nitrogens with zero attached hydrogens (tertiary/aromatic N) is 1. The van der Waals surface area contributed by atoms with Gasteiger partial charge in [-0.25, -0.2) is 0 Å². The van der Waals surface area contributed by atoms with E-state index in [1.807, 2.05) is 0 Å². The van der Waals surface area contributed by atoms with Crippen molar-refractivity contribution in [3.63, 3.8) is 0 Å². The molecule has 1 N–H and O–H groups in total. The molecular formula is C17H26N2. The molecule has 1 heterocycles. The molecule has 2 heteroatoms. The van der Waals surface area contributed by atoms with Gasteiger partial charge in [0.2, 0.25) is 0 Å². The molecule has 1 fully saturated rings. The number of likely N-dealkylation sites (N-methyl/N-ethyl adjacent to an activating group) is 1. The van der Waals surface area contributed by atoms with Gasteiger partial charge in [0.15, 0.2) is 0 Å². The summed E-state index contributed by atoms with van der Waals surface area (Å²) in [5.74, 6) is 0. The predicted octanol–water partition coefficient (Wildman–Crippen LogP) is 3.14. The van der Waals surface area contributed by atoms with Gasteiger partial charge in [0.25, 0.3) is 0 Å². The summed E-state index contributed by atoms with van der Waals surface area (Å²) >= 11 is 0. The highest BCUT2D eigenvalue weighted by molar-refractivity contribution is 5.31. The molecule has 1 aromatic carbocycles. The Balaban J connectivity index is 1.89. The van der Waals surface area contributed by atoms with Crippen molar-refractivity contribution in [2.24, 2.45) is 0 Å². The molecule has 0 bridgehead atoms. The topological polar surface area (TPSA) is 15.3 Å². The summed E-state index contributed by atoms with van der Waals surface area (Å²) in [5.41, 5.74) is 3.20. The smallest absolute Gasteiger partial charge is 0.0354 e. The first-order valence-electron chi connectivity index (χ1n) is 7.94. The molecule has 1 aromatic rings. The molecule has 0 spiro atoms. The highest BCUT2D eigenvalue weighted by Gasteiger charge is 2.30. The lowest BCUT2D eigenvalue weighted by Crippen LogP contribution is -2.39. The quantitative estimate of drug-likeness (QED) is 0.838. The lowest BCUT2D eigenvalue weighted by atomic mass is 9.96. The maximum atomic E-state index is 3.52. The van der Waals surface area contributed by atoms with Crippen molar-refractivity contribution in [2.75, 3.05) is 19.6 Å². The standard InChI is InChI=1S/C17H26N2/c1-2-19(15-11-12-18-13-15)17-10-6-4-8-14-7-3-5-9-16(14)17/h3,5,7,9,15,17-18H,2,4,6,8,10-13H2,1H3. The maximum absolute atomic E-state index is 3.52. The van der Waals surface area contributed by atoms with E-state index in [1.54, 1.807) is 11.1 Å². The van der Waals surface area contributed by atoms with Crippen LogP contribution in [0.3, 0.4) is 0 Å². The minimum absolute atomic E-state index is 0.647. The van der Waals surface area contributed by atoms with E-state index in [1.165, 1.54) is 51.7 Å². The van der Waals surface area contributed by atoms with Crippen molar-refractivity contribution in [1.29, 1.82) is 0 Å². The first-order valence-corrected chi connectivity index (χ1v) is 7.94. The van der Waals surface area contributed by atoms with Gasteiger partial charge in [0, 0.05) is 18.6 Å². The number of nitrogens with one attached hydrogen (secondary N) is 1. The molecule has 3 rings (SSSR count). The molecule has 2 nitrogen and oxygen atoms in total. The van der Waals surface area contributed by atoms with Crippen LogP contribution in [0.2, 0.25) is 0 Å². The normalized spacial score (nSPS) is 27.3. The van der Waals surface area contributed by atoms with E-state index in [2.05, 4.69) is 41.4 Å². The van der Waals surface area contributed by atoms with Crippen molar-refractivity contribution in [2.45, 2.75) is 51.1 Å². The predicted molar refractivity (Wildman–Crippen MR) is 80.4 cm³/mol. The minimum atomic E-state index is 0.647. The lowest BCUT2D eigenvalue weighted by Gasteiger charge is -2.36. The van der Waals surface area contributed by atoms with Crippen LogP contribution in [0.5, 0.6) is 0 Å². The molecule has 0 radical (unpaired) electrons. The molecule has 2 unspecified atom stereocenters. The Hall–Kier alpha value is -0.860. The van der Waals surface area contributed by atoms with Gasteiger partial charge < -0.3 is 5.32 Å². The van der Waals surface area contributed by atoms with Gasteiger partial charge in [-0.05, 0) is 49.9 Å². The molecule has 2 atom stereocenters. The minimum Gasteiger partial charge on any atom is -0.315 e. The molecule has 0 aromatic heterocycles. The average molecular weight is 258 g/mol. The molecular weight excluding hydrogens is 232 g/mol. The third-order valence-corrected chi connectivity index (χ3v) is 4.86. The van der Waals surface area contributed by atoms with Crippen molar-refractivity contribution >= 4 is 0 Å². The molecule has 19 heavy (non-hydrogen) atoms. The van der Waals surface area contributed by atoms with Crippen molar-refractivity contribution in [3.8, 4) is 0 Å². The summed E-state index contributed by atoms with van der Waals surface area (Å²) in [4.78, 5) is 2.75. The van der Waals surface area contributed by atoms with Crippen LogP contribution in [0.1, 0.15) is 49.8 Å². The summed E-state index contributed by atoms with van der Waals surface area (Å²) in [6.45, 7) is 5.86. The molecule has 104 valence electrons. The molecule has 1 aliphatic heterocycles. The molecule has 0 saturated carbocycles. The average Bonchev–Trinajstić information content (AvgIpc) is 2.88. The van der Waals surface area contributed by atoms with E-state index in [-0.39, 0.29) is 0 Å². The molecule has 1 saturated heterocycles. The number of rotatable bonds is 3. The zero-order valence-electron chi connectivity index (χ0n) is 12.1. The Kier molecular flexibility index (Phi) is 4.19. The number of aryl methyl sites for hydroxylation is 1. The fraction of sp³-hybridized carbons (Fsp3) is 0.647. The molecule has 2 aliphatic rings. The first-order chi connectivity index (χ1) is 9.40. The number of hydrogen-bond acceptors (Lipinski definition) is 2. The van der Waals surface area contributed by atoms with Crippen molar-refractivity contribution < 1.29 is 0 Å². The summed E-state index contributed by atoms with van der Waals surface area (Å²) < 4.78 is 0. The van der Waals surface area contributed by atoms with Crippen molar-refractivity contribution in [1.82, 2.24) is 10.2 Å². The zero-order valence-corrected chi connectivity index (χ0v) is 12.1. The highest BCUT2D eigenvalue weighted by Crippen LogP contribution is 2.35. The van der Waals surface area contributed by atoms with Crippen LogP contribution in [0, 0.1) is 0 Å². The third kappa shape index (κ3) is 2.70. The van der Waals surface area contributed by atoms with E-state index >= 15 is 0 Å². The Morgan fingerprint density at radius 2 is 2.11 bits per heavy atom. The van der Waals surface area contributed by atoms with E-state index in [9.17, 15) is 0 Å². The van der Waals surface area contributed by atoms with Crippen LogP contribution in [-0.4, -0.2) is 30.6 Å². The fourth-order valence-corrected chi connectivity index (χ4v) is 3.90. The SMILES string of the molecule is CCN(C1CCNC1)C1CCCCc2ccccc21. The largest absolute Gasteiger partial charge is 0.315 e. The summed E-state index contributed by atoms with van der Waals surface area (Å²) in [6.07, 6.45) is 6.64. The van der Waals surface area contributed by atoms with Crippen LogP contribution in [0.25, 0.3) is 0 Å². The zero-order chi connectivity index (χ0) is 13.1. The van der Waals surface area contributed by atoms with Gasteiger partial charge in [-0.15, -0.1) is 0 Å². The number of hydrogen-bond donors (Lipinski definition) is 1. The Morgan fingerprint density at radius 1 is 1.21 bits per heavy atom. The maximum Gasteiger partial charge on any atom is 0.0354 e. The van der Waals surface area contributed by atoms with Gasteiger partial charge in [0.1, 0.15) is 0 Å². The summed E-state index contributed by atoms with van der Waals surface area (Å²) in [5, 5.41) is 3.52. The second kappa shape index (κ2) is 6.06. The van der Waals surface area contributed by atoms with Gasteiger partial charge in [-0.2, -0.15) is 0 Å². The van der Waals surface area contributed by atoms with E-state index in [0.29, 0.717) is 6.04 Å². The van der Waals surface area contributed by atoms with Gasteiger partial charge in [-0.1, -0.05) is 37.6 Å². The second-order valence-corrected chi connectivity index (χ2v) is 5.94. The lowest BCUT2D eigenvalue weighted by molar-refractivity contribution is 0.143. The van der Waals surface area contributed by atoms with E-state index in [0.717, 1.165) is 6.04 Å². The van der Waals surface area contributed by atoms with Gasteiger partial charge >= 0.3 is 0 Å². The number of benzene rings is 1. The van der Waals surface area contributed by atoms with Crippen LogP contribution in [0.15, 0.2) is 24.3 Å². The first kappa shape index (κ1) is 13.1. The molecule has 0 amide bonds. The van der Waals surface area contributed by atoms with Crippen LogP contribution in [-0.2, 0) is 6.42 Å². The summed E-state index contributed by atoms with van der Waals surface area (Å²) in [6, 6.07) is 10.5. The van der Waals surface area contributed by atoms with E-state index < -0.39 is 0 Å². The van der Waals surface area contributed by atoms with Crippen LogP contribution >= 0.6 is 0 Å². The highest BCUT2D eigenvalue weighted by atomic mass is 15.2. The van der Waals surface area contributed by atoms with Crippen molar-refractivity contribution in [3.05, 3.63) is 35.4 Å². The molecule has 1 aliphatic carbocycles. The second-order valence-electron chi connectivity index (χ2n) is 5.94. The Morgan fingerprint density at radius 3 is 2.89 bits per heavy atom. The summed E-state index contributed by atoms with van der Waals surface area (Å²) in [7, 11) is 0. The number of fused-ring (bicyclic) bond motifs is 1. The van der Waals surface area contributed by atoms with Crippen LogP contribution in [0.4, 0.5) is 0 Å². The fourth-order valence-electron chi connectivity index (χ4n) is 3.90. The monoisotopic (exact) mass is 258 g/mol. The Bertz CT molecular complexity index is 409. The van der Waals surface area contributed by atoms with Gasteiger partial charge in [-0.3, -0.25) is 4.90 Å². The van der Waals surface area contributed by atoms with E-state index in [4.69, 9.17) is 0 Å².